The fraction of sp³-hybridized carbons (Fsp3) is 0.143. The Kier molecular flexibility index (Phi) is 5.31. The molecule has 0 saturated heterocycles. The van der Waals surface area contributed by atoms with Crippen molar-refractivity contribution in [3.8, 4) is 0 Å². The van der Waals surface area contributed by atoms with Gasteiger partial charge in [0.2, 0.25) is 0 Å². The van der Waals surface area contributed by atoms with Crippen LogP contribution in [0.3, 0.4) is 0 Å². The lowest BCUT2D eigenvalue weighted by Crippen LogP contribution is -2.48. The minimum Gasteiger partial charge on any atom is -0.385 e. The molecule has 0 fully saturated rings. The Morgan fingerprint density at radius 1 is 0.571 bits per heavy atom. The van der Waals surface area contributed by atoms with Crippen molar-refractivity contribution in [1.82, 2.24) is 30.0 Å². The van der Waals surface area contributed by atoms with Crippen LogP contribution in [0, 0.1) is 0 Å². The molecular formula is C28H24N6O. The van der Waals surface area contributed by atoms with Gasteiger partial charge in [0, 0.05) is 12.8 Å². The van der Waals surface area contributed by atoms with Crippen molar-refractivity contribution in [3.63, 3.8) is 0 Å². The second kappa shape index (κ2) is 8.77. The van der Waals surface area contributed by atoms with Gasteiger partial charge in [-0.05, 0) is 35.4 Å². The normalized spacial score (nSPS) is 12.1. The van der Waals surface area contributed by atoms with Gasteiger partial charge in [0.1, 0.15) is 16.6 Å². The molecule has 0 amide bonds. The number of hydrogen-bond acceptors (Lipinski definition) is 5. The number of rotatable bonds is 7. The molecule has 0 aliphatic heterocycles. The van der Waals surface area contributed by atoms with Crippen LogP contribution in [0.4, 0.5) is 0 Å². The fourth-order valence-electron chi connectivity index (χ4n) is 4.84. The molecule has 0 saturated carbocycles. The van der Waals surface area contributed by atoms with E-state index >= 15 is 0 Å². The molecule has 4 aromatic carbocycles. The van der Waals surface area contributed by atoms with Crippen LogP contribution in [0.25, 0.3) is 22.1 Å². The number of para-hydroxylation sites is 2. The first-order valence-electron chi connectivity index (χ1n) is 11.6. The third-order valence-electron chi connectivity index (χ3n) is 6.40. The Hall–Kier alpha value is -4.36. The van der Waals surface area contributed by atoms with Gasteiger partial charge in [-0.1, -0.05) is 95.4 Å². The van der Waals surface area contributed by atoms with Crippen LogP contribution in [-0.2, 0) is 12.8 Å². The Labute approximate surface area is 202 Å². The number of aromatic nitrogens is 6. The van der Waals surface area contributed by atoms with Gasteiger partial charge in [-0.3, -0.25) is 0 Å². The van der Waals surface area contributed by atoms with Crippen molar-refractivity contribution in [2.24, 2.45) is 0 Å². The molecule has 0 atom stereocenters. The highest BCUT2D eigenvalue weighted by molar-refractivity contribution is 5.75. The van der Waals surface area contributed by atoms with Gasteiger partial charge in [0.05, 0.1) is 11.0 Å². The quantitative estimate of drug-likeness (QED) is 0.381. The van der Waals surface area contributed by atoms with Gasteiger partial charge in [0.25, 0.3) is 0 Å². The number of aliphatic hydroxyl groups is 1. The zero-order chi connectivity index (χ0) is 23.7. The van der Waals surface area contributed by atoms with Gasteiger partial charge in [-0.25, -0.2) is 9.36 Å². The molecule has 0 aliphatic rings. The van der Waals surface area contributed by atoms with E-state index in [9.17, 15) is 5.11 Å². The Bertz CT molecular complexity index is 1460. The van der Waals surface area contributed by atoms with Gasteiger partial charge >= 0.3 is 0 Å². The largest absolute Gasteiger partial charge is 0.385 e. The minimum atomic E-state index is -1.31. The molecule has 2 aromatic heterocycles. The Morgan fingerprint density at radius 2 is 0.971 bits per heavy atom. The van der Waals surface area contributed by atoms with Crippen LogP contribution in [0.5, 0.6) is 0 Å². The summed E-state index contributed by atoms with van der Waals surface area (Å²) in [5, 5.41) is 30.5. The molecule has 172 valence electrons. The number of benzene rings is 4. The summed E-state index contributed by atoms with van der Waals surface area (Å²) in [4.78, 5) is 0. The van der Waals surface area contributed by atoms with Crippen LogP contribution in [0.15, 0.2) is 109 Å². The summed E-state index contributed by atoms with van der Waals surface area (Å²) >= 11 is 0. The highest BCUT2D eigenvalue weighted by Gasteiger charge is 2.42. The summed E-state index contributed by atoms with van der Waals surface area (Å²) < 4.78 is 3.56. The van der Waals surface area contributed by atoms with Crippen molar-refractivity contribution < 1.29 is 5.11 Å². The van der Waals surface area contributed by atoms with Crippen molar-refractivity contribution >= 4 is 22.1 Å². The number of nitrogens with zero attached hydrogens (tertiary/aromatic N) is 6. The van der Waals surface area contributed by atoms with E-state index < -0.39 is 11.8 Å². The highest BCUT2D eigenvalue weighted by Crippen LogP contribution is 2.35. The van der Waals surface area contributed by atoms with Crippen LogP contribution in [-0.4, -0.2) is 40.7 Å². The van der Waals surface area contributed by atoms with Crippen LogP contribution >= 0.6 is 0 Å². The van der Waals surface area contributed by atoms with E-state index in [1.807, 2.05) is 109 Å². The average Bonchev–Trinajstić information content (AvgIpc) is 3.51. The molecule has 1 N–H and O–H groups in total. The first-order valence-corrected chi connectivity index (χ1v) is 11.6. The van der Waals surface area contributed by atoms with Gasteiger partial charge < -0.3 is 5.11 Å². The van der Waals surface area contributed by atoms with E-state index in [-0.39, 0.29) is 0 Å². The lowest BCUT2D eigenvalue weighted by atomic mass is 9.85. The number of hydrogen-bond donors (Lipinski definition) is 1. The molecule has 0 unspecified atom stereocenters. The van der Waals surface area contributed by atoms with Gasteiger partial charge in [-0.15, -0.1) is 10.2 Å². The van der Waals surface area contributed by atoms with Crippen molar-refractivity contribution in [1.29, 1.82) is 0 Å². The molecule has 0 aliphatic carbocycles. The summed E-state index contributed by atoms with van der Waals surface area (Å²) in [6.07, 6.45) is 0.0636. The van der Waals surface area contributed by atoms with Gasteiger partial charge in [0.15, 0.2) is 6.17 Å². The van der Waals surface area contributed by atoms with Crippen molar-refractivity contribution in [2.45, 2.75) is 24.6 Å². The minimum absolute atomic E-state index is 0.385. The monoisotopic (exact) mass is 460 g/mol. The van der Waals surface area contributed by atoms with E-state index in [1.165, 1.54) is 0 Å². The lowest BCUT2D eigenvalue weighted by Gasteiger charge is -2.37. The molecule has 35 heavy (non-hydrogen) atoms. The zero-order valence-corrected chi connectivity index (χ0v) is 19.0. The summed E-state index contributed by atoms with van der Waals surface area (Å²) in [7, 11) is 0. The third-order valence-corrected chi connectivity index (χ3v) is 6.40. The first-order chi connectivity index (χ1) is 17.2. The van der Waals surface area contributed by atoms with E-state index in [0.29, 0.717) is 12.8 Å². The summed E-state index contributed by atoms with van der Waals surface area (Å²) in [5.41, 5.74) is 3.87. The second-order valence-corrected chi connectivity index (χ2v) is 8.85. The van der Waals surface area contributed by atoms with Crippen molar-refractivity contribution in [3.05, 3.63) is 120 Å². The average molecular weight is 461 g/mol. The van der Waals surface area contributed by atoms with Crippen molar-refractivity contribution in [2.75, 3.05) is 0 Å². The molecule has 6 aromatic rings. The molecule has 2 heterocycles. The molecule has 6 rings (SSSR count). The Balaban J connectivity index is 1.60. The highest BCUT2D eigenvalue weighted by atomic mass is 16.3. The molecule has 7 nitrogen and oxygen atoms in total. The Morgan fingerprint density at radius 3 is 1.43 bits per heavy atom. The van der Waals surface area contributed by atoms with Gasteiger partial charge in [-0.2, -0.15) is 0 Å². The molecule has 0 spiro atoms. The number of fused-ring (bicyclic) bond motifs is 2. The SMILES string of the molecule is OC(Cc1ccccc1)(Cc1ccccc1)C(n1nnc2ccccc21)n1nnc2ccccc21. The standard InChI is InChI=1S/C28H24N6O/c35-28(19-21-11-3-1-4-12-21,20-22-13-5-2-6-14-22)27(33-25-17-9-7-15-23(25)29-31-33)34-26-18-10-8-16-24(26)30-32-34/h1-18,27,35H,19-20H2. The van der Waals surface area contributed by atoms with Crippen LogP contribution in [0.2, 0.25) is 0 Å². The van der Waals surface area contributed by atoms with E-state index in [4.69, 9.17) is 0 Å². The van der Waals surface area contributed by atoms with E-state index in [2.05, 4.69) is 20.6 Å². The van der Waals surface area contributed by atoms with E-state index in [1.54, 1.807) is 9.36 Å². The fourth-order valence-corrected chi connectivity index (χ4v) is 4.84. The lowest BCUT2D eigenvalue weighted by molar-refractivity contribution is -0.0309. The zero-order valence-electron chi connectivity index (χ0n) is 19.0. The molecule has 0 bridgehead atoms. The predicted molar refractivity (Wildman–Crippen MR) is 135 cm³/mol. The third kappa shape index (κ3) is 3.96. The van der Waals surface area contributed by atoms with Crippen LogP contribution in [0.1, 0.15) is 17.3 Å². The topological polar surface area (TPSA) is 81.6 Å². The molecular weight excluding hydrogens is 436 g/mol. The summed E-state index contributed by atoms with van der Waals surface area (Å²) in [6.45, 7) is 0. The summed E-state index contributed by atoms with van der Waals surface area (Å²) in [6, 6.07) is 35.6. The van der Waals surface area contributed by atoms with E-state index in [0.717, 1.165) is 33.2 Å². The predicted octanol–water partition coefficient (Wildman–Crippen LogP) is 4.44. The second-order valence-electron chi connectivity index (χ2n) is 8.85. The maximum Gasteiger partial charge on any atom is 0.177 e. The maximum absolute atomic E-state index is 12.7. The maximum atomic E-state index is 12.7. The molecule has 7 heteroatoms. The van der Waals surface area contributed by atoms with Crippen LogP contribution < -0.4 is 0 Å². The summed E-state index contributed by atoms with van der Waals surface area (Å²) in [5.74, 6) is 0. The molecule has 0 radical (unpaired) electrons. The first kappa shape index (κ1) is 21.2. The smallest absolute Gasteiger partial charge is 0.177 e.